The van der Waals surface area contributed by atoms with Crippen molar-refractivity contribution in [1.82, 2.24) is 0 Å². The molecule has 0 aliphatic heterocycles. The molecule has 0 aliphatic carbocycles. The summed E-state index contributed by atoms with van der Waals surface area (Å²) < 4.78 is 0. The summed E-state index contributed by atoms with van der Waals surface area (Å²) in [6.07, 6.45) is 0.740. The minimum absolute atomic E-state index is 0.214. The van der Waals surface area contributed by atoms with E-state index in [1.165, 1.54) is 0 Å². The SMILES string of the molecule is CCC(=C(C)C)C(CO)(CO)CO. The summed E-state index contributed by atoms with van der Waals surface area (Å²) in [7, 11) is 0. The molecule has 0 aromatic rings. The lowest BCUT2D eigenvalue weighted by molar-refractivity contribution is 0.0306. The molecule has 0 saturated heterocycles. The summed E-state index contributed by atoms with van der Waals surface area (Å²) >= 11 is 0. The Hall–Kier alpha value is -0.380. The quantitative estimate of drug-likeness (QED) is 0.556. The molecule has 3 nitrogen and oxygen atoms in total. The maximum atomic E-state index is 9.17. The molecule has 78 valence electrons. The molecular formula is C10H20O3. The number of rotatable bonds is 5. The van der Waals surface area contributed by atoms with Crippen LogP contribution in [0, 0.1) is 5.41 Å². The lowest BCUT2D eigenvalue weighted by atomic mass is 9.79. The highest BCUT2D eigenvalue weighted by Gasteiger charge is 2.32. The molecule has 0 radical (unpaired) electrons. The Labute approximate surface area is 79.7 Å². The van der Waals surface area contributed by atoms with E-state index in [2.05, 4.69) is 0 Å². The van der Waals surface area contributed by atoms with Crippen LogP contribution < -0.4 is 0 Å². The second-order valence-corrected chi connectivity index (χ2v) is 3.59. The fraction of sp³-hybridized carbons (Fsp3) is 0.800. The first kappa shape index (κ1) is 12.6. The second kappa shape index (κ2) is 5.37. The van der Waals surface area contributed by atoms with Gasteiger partial charge in [-0.05, 0) is 20.3 Å². The van der Waals surface area contributed by atoms with Gasteiger partial charge in [0.15, 0.2) is 0 Å². The van der Waals surface area contributed by atoms with Crippen molar-refractivity contribution in [2.75, 3.05) is 19.8 Å². The Bertz CT molecular complexity index is 168. The van der Waals surface area contributed by atoms with Gasteiger partial charge in [-0.25, -0.2) is 0 Å². The zero-order valence-corrected chi connectivity index (χ0v) is 8.67. The number of hydrogen-bond donors (Lipinski definition) is 3. The standard InChI is InChI=1S/C10H20O3/c1-4-9(8(2)3)10(5-11,6-12)7-13/h11-13H,4-7H2,1-3H3. The van der Waals surface area contributed by atoms with E-state index >= 15 is 0 Å². The van der Waals surface area contributed by atoms with Crippen molar-refractivity contribution < 1.29 is 15.3 Å². The molecule has 0 aromatic heterocycles. The summed E-state index contributed by atoms with van der Waals surface area (Å²) in [5.41, 5.74) is 1.16. The maximum absolute atomic E-state index is 9.17. The number of aliphatic hydroxyl groups excluding tert-OH is 3. The first-order valence-electron chi connectivity index (χ1n) is 4.57. The molecule has 3 heteroatoms. The monoisotopic (exact) mass is 188 g/mol. The molecule has 0 aliphatic rings. The van der Waals surface area contributed by atoms with Crippen LogP contribution in [0.3, 0.4) is 0 Å². The Morgan fingerprint density at radius 3 is 1.46 bits per heavy atom. The van der Waals surface area contributed by atoms with Gasteiger partial charge < -0.3 is 15.3 Å². The van der Waals surface area contributed by atoms with Gasteiger partial charge in [-0.3, -0.25) is 0 Å². The van der Waals surface area contributed by atoms with Gasteiger partial charge in [-0.15, -0.1) is 0 Å². The van der Waals surface area contributed by atoms with E-state index in [1.807, 2.05) is 20.8 Å². The third kappa shape index (κ3) is 2.53. The zero-order valence-electron chi connectivity index (χ0n) is 8.67. The minimum Gasteiger partial charge on any atom is -0.395 e. The van der Waals surface area contributed by atoms with Crippen LogP contribution in [0.5, 0.6) is 0 Å². The van der Waals surface area contributed by atoms with Crippen LogP contribution in [0.1, 0.15) is 27.2 Å². The molecule has 13 heavy (non-hydrogen) atoms. The van der Waals surface area contributed by atoms with E-state index in [0.29, 0.717) is 0 Å². The van der Waals surface area contributed by atoms with Crippen molar-refractivity contribution in [2.45, 2.75) is 27.2 Å². The van der Waals surface area contributed by atoms with Crippen molar-refractivity contribution >= 4 is 0 Å². The molecule has 3 N–H and O–H groups in total. The average Bonchev–Trinajstić information content (AvgIpc) is 2.13. The van der Waals surface area contributed by atoms with E-state index in [9.17, 15) is 15.3 Å². The maximum Gasteiger partial charge on any atom is 0.0607 e. The fourth-order valence-corrected chi connectivity index (χ4v) is 1.70. The van der Waals surface area contributed by atoms with Gasteiger partial charge in [-0.1, -0.05) is 18.1 Å². The number of hydrogen-bond acceptors (Lipinski definition) is 3. The van der Waals surface area contributed by atoms with Gasteiger partial charge in [0.05, 0.1) is 25.2 Å². The smallest absolute Gasteiger partial charge is 0.0607 e. The van der Waals surface area contributed by atoms with Crippen LogP contribution in [0.25, 0.3) is 0 Å². The zero-order chi connectivity index (χ0) is 10.5. The van der Waals surface area contributed by atoms with Crippen LogP contribution in [-0.4, -0.2) is 35.1 Å². The number of aliphatic hydroxyl groups is 3. The molecule has 0 fully saturated rings. The predicted molar refractivity (Wildman–Crippen MR) is 52.4 cm³/mol. The van der Waals surface area contributed by atoms with Crippen LogP contribution in [-0.2, 0) is 0 Å². The van der Waals surface area contributed by atoms with Crippen molar-refractivity contribution in [3.63, 3.8) is 0 Å². The van der Waals surface area contributed by atoms with Gasteiger partial charge in [0.1, 0.15) is 0 Å². The van der Waals surface area contributed by atoms with E-state index < -0.39 is 5.41 Å². The molecule has 0 bridgehead atoms. The summed E-state index contributed by atoms with van der Waals surface area (Å²) in [5, 5.41) is 27.5. The van der Waals surface area contributed by atoms with Crippen LogP contribution >= 0.6 is 0 Å². The van der Waals surface area contributed by atoms with E-state index in [4.69, 9.17) is 0 Å². The largest absolute Gasteiger partial charge is 0.395 e. The highest BCUT2D eigenvalue weighted by atomic mass is 16.3. The number of allylic oxidation sites excluding steroid dienone is 1. The van der Waals surface area contributed by atoms with Crippen LogP contribution in [0.2, 0.25) is 0 Å². The lowest BCUT2D eigenvalue weighted by Crippen LogP contribution is -2.36. The first-order valence-corrected chi connectivity index (χ1v) is 4.57. The Morgan fingerprint density at radius 2 is 1.38 bits per heavy atom. The van der Waals surface area contributed by atoms with E-state index in [0.717, 1.165) is 17.6 Å². The fourth-order valence-electron chi connectivity index (χ4n) is 1.70. The van der Waals surface area contributed by atoms with Crippen molar-refractivity contribution in [2.24, 2.45) is 5.41 Å². The Balaban J connectivity index is 5.01. The van der Waals surface area contributed by atoms with Gasteiger partial charge in [-0.2, -0.15) is 0 Å². The second-order valence-electron chi connectivity index (χ2n) is 3.59. The molecule has 0 rings (SSSR count). The normalized spacial score (nSPS) is 11.5. The van der Waals surface area contributed by atoms with Gasteiger partial charge in [0, 0.05) is 0 Å². The minimum atomic E-state index is -0.840. The Kier molecular flexibility index (Phi) is 5.21. The van der Waals surface area contributed by atoms with Crippen molar-refractivity contribution in [1.29, 1.82) is 0 Å². The molecular weight excluding hydrogens is 168 g/mol. The van der Waals surface area contributed by atoms with E-state index in [-0.39, 0.29) is 19.8 Å². The predicted octanol–water partition coefficient (Wildman–Crippen LogP) is 0.696. The average molecular weight is 188 g/mol. The van der Waals surface area contributed by atoms with Crippen LogP contribution in [0.4, 0.5) is 0 Å². The van der Waals surface area contributed by atoms with E-state index in [1.54, 1.807) is 0 Å². The molecule has 0 aromatic carbocycles. The van der Waals surface area contributed by atoms with Gasteiger partial charge in [0.2, 0.25) is 0 Å². The highest BCUT2D eigenvalue weighted by molar-refractivity contribution is 5.20. The van der Waals surface area contributed by atoms with Crippen molar-refractivity contribution in [3.8, 4) is 0 Å². The van der Waals surface area contributed by atoms with Gasteiger partial charge >= 0.3 is 0 Å². The molecule has 0 atom stereocenters. The van der Waals surface area contributed by atoms with Crippen molar-refractivity contribution in [3.05, 3.63) is 11.1 Å². The molecule has 0 amide bonds. The van der Waals surface area contributed by atoms with Gasteiger partial charge in [0.25, 0.3) is 0 Å². The summed E-state index contributed by atoms with van der Waals surface area (Å²) in [4.78, 5) is 0. The first-order chi connectivity index (χ1) is 6.07. The molecule has 0 spiro atoms. The molecule has 0 unspecified atom stereocenters. The summed E-state index contributed by atoms with van der Waals surface area (Å²) in [5.74, 6) is 0. The molecule has 0 heterocycles. The third-order valence-corrected chi connectivity index (χ3v) is 2.51. The molecule has 0 saturated carbocycles. The third-order valence-electron chi connectivity index (χ3n) is 2.51. The highest BCUT2D eigenvalue weighted by Crippen LogP contribution is 2.30. The lowest BCUT2D eigenvalue weighted by Gasteiger charge is -2.31. The van der Waals surface area contributed by atoms with Crippen LogP contribution in [0.15, 0.2) is 11.1 Å². The summed E-state index contributed by atoms with van der Waals surface area (Å²) in [6.45, 7) is 5.16. The Morgan fingerprint density at radius 1 is 1.00 bits per heavy atom. The topological polar surface area (TPSA) is 60.7 Å². The summed E-state index contributed by atoms with van der Waals surface area (Å²) in [6, 6.07) is 0.